The van der Waals surface area contributed by atoms with E-state index in [2.05, 4.69) is 4.72 Å². The fourth-order valence-electron chi connectivity index (χ4n) is 2.66. The maximum Gasteiger partial charge on any atom is 0.337 e. The lowest BCUT2D eigenvalue weighted by molar-refractivity contribution is 0.0698. The summed E-state index contributed by atoms with van der Waals surface area (Å²) in [5, 5.41) is 9.02. The number of aromatic carboxylic acids is 1. The molecule has 0 spiro atoms. The number of benzene rings is 1. The minimum Gasteiger partial charge on any atom is -0.478 e. The van der Waals surface area contributed by atoms with Gasteiger partial charge in [-0.05, 0) is 37.0 Å². The summed E-state index contributed by atoms with van der Waals surface area (Å²) in [5.74, 6) is -1.96. The third kappa shape index (κ3) is 4.42. The Bertz CT molecular complexity index is 624. The van der Waals surface area contributed by atoms with E-state index in [1.807, 2.05) is 0 Å². The van der Waals surface area contributed by atoms with E-state index in [4.69, 9.17) is 5.11 Å². The van der Waals surface area contributed by atoms with Gasteiger partial charge in [0.25, 0.3) is 0 Å². The van der Waals surface area contributed by atoms with Crippen LogP contribution in [-0.2, 0) is 10.0 Å². The molecule has 0 bridgehead atoms. The molecule has 7 heteroatoms. The van der Waals surface area contributed by atoms with Gasteiger partial charge in [0.1, 0.15) is 5.82 Å². The molecule has 1 aromatic rings. The first kappa shape index (κ1) is 15.8. The van der Waals surface area contributed by atoms with Crippen LogP contribution in [0.4, 0.5) is 10.1 Å². The number of carbonyl (C=O) groups is 1. The van der Waals surface area contributed by atoms with Crippen molar-refractivity contribution in [2.24, 2.45) is 5.92 Å². The predicted octanol–water partition coefficient (Wildman–Crippen LogP) is 2.85. The lowest BCUT2D eigenvalue weighted by atomic mass is 9.91. The molecule has 0 aliphatic heterocycles. The summed E-state index contributed by atoms with van der Waals surface area (Å²) in [6.07, 6.45) is 4.86. The molecule has 21 heavy (non-hydrogen) atoms. The second-order valence-electron chi connectivity index (χ2n) is 5.38. The molecule has 1 aromatic carbocycles. The standard InChI is InChI=1S/C14H18FNO4S/c15-11-6-7-12(14(17)18)13(8-11)16-21(19,20)9-10-4-2-1-3-5-10/h6-8,10,16H,1-5,9H2,(H,17,18). The number of rotatable bonds is 5. The van der Waals surface area contributed by atoms with E-state index in [1.54, 1.807) is 0 Å². The molecule has 1 aliphatic carbocycles. The number of halogens is 1. The summed E-state index contributed by atoms with van der Waals surface area (Å²) in [5.41, 5.74) is -0.484. The Morgan fingerprint density at radius 1 is 1.29 bits per heavy atom. The molecule has 116 valence electrons. The van der Waals surface area contributed by atoms with Crippen molar-refractivity contribution >= 4 is 21.7 Å². The minimum absolute atomic E-state index is 0.0530. The molecule has 1 fully saturated rings. The Morgan fingerprint density at radius 2 is 1.95 bits per heavy atom. The average Bonchev–Trinajstić information content (AvgIpc) is 2.38. The van der Waals surface area contributed by atoms with E-state index in [1.165, 1.54) is 0 Å². The molecule has 0 heterocycles. The van der Waals surface area contributed by atoms with Crippen LogP contribution >= 0.6 is 0 Å². The summed E-state index contributed by atoms with van der Waals surface area (Å²) >= 11 is 0. The minimum atomic E-state index is -3.69. The van der Waals surface area contributed by atoms with Gasteiger partial charge >= 0.3 is 5.97 Å². The molecule has 1 aliphatic rings. The van der Waals surface area contributed by atoms with Crippen molar-refractivity contribution in [2.75, 3.05) is 10.5 Å². The average molecular weight is 315 g/mol. The van der Waals surface area contributed by atoms with Crippen molar-refractivity contribution in [3.05, 3.63) is 29.6 Å². The Hall–Kier alpha value is -1.63. The maximum atomic E-state index is 13.2. The smallest absolute Gasteiger partial charge is 0.337 e. The van der Waals surface area contributed by atoms with Gasteiger partial charge in [-0.1, -0.05) is 19.3 Å². The molecule has 0 saturated heterocycles. The molecule has 0 amide bonds. The topological polar surface area (TPSA) is 83.5 Å². The van der Waals surface area contributed by atoms with Crippen molar-refractivity contribution in [1.29, 1.82) is 0 Å². The molecule has 0 atom stereocenters. The number of nitrogens with one attached hydrogen (secondary N) is 1. The largest absolute Gasteiger partial charge is 0.478 e. The van der Waals surface area contributed by atoms with Crippen molar-refractivity contribution in [2.45, 2.75) is 32.1 Å². The summed E-state index contributed by atoms with van der Waals surface area (Å²) in [6, 6.07) is 2.93. The van der Waals surface area contributed by atoms with Crippen LogP contribution in [-0.4, -0.2) is 25.2 Å². The first-order chi connectivity index (χ1) is 9.87. The summed E-state index contributed by atoms with van der Waals surface area (Å²) in [7, 11) is -3.69. The molecule has 1 saturated carbocycles. The van der Waals surface area contributed by atoms with Crippen LogP contribution in [0.3, 0.4) is 0 Å². The number of carboxylic acid groups (broad SMARTS) is 1. The SMILES string of the molecule is O=C(O)c1ccc(F)cc1NS(=O)(=O)CC1CCCCC1. The van der Waals surface area contributed by atoms with E-state index in [-0.39, 0.29) is 22.9 Å². The summed E-state index contributed by atoms with van der Waals surface area (Å²) in [6.45, 7) is 0. The quantitative estimate of drug-likeness (QED) is 0.875. The molecule has 2 rings (SSSR count). The van der Waals surface area contributed by atoms with Gasteiger partial charge in [-0.15, -0.1) is 0 Å². The second-order valence-corrected chi connectivity index (χ2v) is 7.15. The fourth-order valence-corrected chi connectivity index (χ4v) is 4.20. The first-order valence-electron chi connectivity index (χ1n) is 6.91. The molecule has 0 radical (unpaired) electrons. The van der Waals surface area contributed by atoms with E-state index in [9.17, 15) is 17.6 Å². The van der Waals surface area contributed by atoms with Crippen LogP contribution in [0.5, 0.6) is 0 Å². The van der Waals surface area contributed by atoms with Crippen LogP contribution in [0, 0.1) is 11.7 Å². The van der Waals surface area contributed by atoms with E-state index < -0.39 is 21.8 Å². The molecule has 2 N–H and O–H groups in total. The number of carboxylic acids is 1. The van der Waals surface area contributed by atoms with Crippen molar-refractivity contribution in [1.82, 2.24) is 0 Å². The summed E-state index contributed by atoms with van der Waals surface area (Å²) < 4.78 is 39.7. The zero-order valence-corrected chi connectivity index (χ0v) is 12.3. The molecule has 0 unspecified atom stereocenters. The van der Waals surface area contributed by atoms with E-state index >= 15 is 0 Å². The number of anilines is 1. The van der Waals surface area contributed by atoms with E-state index in [0.717, 1.165) is 50.3 Å². The molecular weight excluding hydrogens is 297 g/mol. The van der Waals surface area contributed by atoms with Crippen LogP contribution in [0.25, 0.3) is 0 Å². The lowest BCUT2D eigenvalue weighted by Crippen LogP contribution is -2.25. The Labute approximate surface area is 123 Å². The van der Waals surface area contributed by atoms with Gasteiger partial charge in [0.15, 0.2) is 0 Å². The normalized spacial score (nSPS) is 16.6. The van der Waals surface area contributed by atoms with E-state index in [0.29, 0.717) is 0 Å². The number of hydrogen-bond acceptors (Lipinski definition) is 3. The third-order valence-corrected chi connectivity index (χ3v) is 5.10. The first-order valence-corrected chi connectivity index (χ1v) is 8.56. The molecule has 5 nitrogen and oxygen atoms in total. The van der Waals surface area contributed by atoms with Gasteiger partial charge < -0.3 is 5.11 Å². The van der Waals surface area contributed by atoms with Gasteiger partial charge in [0.2, 0.25) is 10.0 Å². The maximum absolute atomic E-state index is 13.2. The Morgan fingerprint density at radius 3 is 2.57 bits per heavy atom. The Balaban J connectivity index is 2.15. The van der Waals surface area contributed by atoms with Gasteiger partial charge in [0, 0.05) is 0 Å². The monoisotopic (exact) mass is 315 g/mol. The highest BCUT2D eigenvalue weighted by Crippen LogP contribution is 2.26. The molecule has 0 aromatic heterocycles. The third-order valence-electron chi connectivity index (χ3n) is 3.66. The van der Waals surface area contributed by atoms with Gasteiger partial charge in [-0.3, -0.25) is 4.72 Å². The Kier molecular flexibility index (Phi) is 4.82. The van der Waals surface area contributed by atoms with Gasteiger partial charge in [-0.25, -0.2) is 17.6 Å². The zero-order valence-electron chi connectivity index (χ0n) is 11.5. The van der Waals surface area contributed by atoms with Crippen LogP contribution in [0.1, 0.15) is 42.5 Å². The van der Waals surface area contributed by atoms with Crippen molar-refractivity contribution < 1.29 is 22.7 Å². The van der Waals surface area contributed by atoms with Crippen LogP contribution in [0.2, 0.25) is 0 Å². The zero-order chi connectivity index (χ0) is 15.5. The van der Waals surface area contributed by atoms with Crippen molar-refractivity contribution in [3.8, 4) is 0 Å². The van der Waals surface area contributed by atoms with Crippen LogP contribution in [0.15, 0.2) is 18.2 Å². The van der Waals surface area contributed by atoms with Crippen molar-refractivity contribution in [3.63, 3.8) is 0 Å². The highest BCUT2D eigenvalue weighted by atomic mass is 32.2. The number of hydrogen-bond donors (Lipinski definition) is 2. The molecular formula is C14H18FNO4S. The lowest BCUT2D eigenvalue weighted by Gasteiger charge is -2.21. The summed E-state index contributed by atoms with van der Waals surface area (Å²) in [4.78, 5) is 11.1. The predicted molar refractivity (Wildman–Crippen MR) is 77.3 cm³/mol. The fraction of sp³-hybridized carbons (Fsp3) is 0.500. The number of sulfonamides is 1. The van der Waals surface area contributed by atoms with Crippen LogP contribution < -0.4 is 4.72 Å². The second kappa shape index (κ2) is 6.43. The highest BCUT2D eigenvalue weighted by molar-refractivity contribution is 7.92. The highest BCUT2D eigenvalue weighted by Gasteiger charge is 2.23. The van der Waals surface area contributed by atoms with Gasteiger partial charge in [0.05, 0.1) is 17.0 Å². The van der Waals surface area contributed by atoms with Gasteiger partial charge in [-0.2, -0.15) is 0 Å².